The van der Waals surface area contributed by atoms with E-state index in [4.69, 9.17) is 14.2 Å². The predicted octanol–water partition coefficient (Wildman–Crippen LogP) is 24.7. The van der Waals surface area contributed by atoms with Gasteiger partial charge in [-0.15, -0.1) is 0 Å². The molecule has 0 fully saturated rings. The molecule has 0 heterocycles. The Morgan fingerprint density at radius 3 is 0.753 bits per heavy atom. The van der Waals surface area contributed by atoms with Crippen molar-refractivity contribution in [1.82, 2.24) is 0 Å². The molecule has 1 atom stereocenters. The van der Waals surface area contributed by atoms with E-state index in [2.05, 4.69) is 81.5 Å². The highest BCUT2D eigenvalue weighted by Gasteiger charge is 2.19. The molecule has 1 unspecified atom stereocenters. The van der Waals surface area contributed by atoms with E-state index in [0.717, 1.165) is 96.3 Å². The summed E-state index contributed by atoms with van der Waals surface area (Å²) in [6, 6.07) is 0. The molecule has 0 aromatic rings. The first-order chi connectivity index (χ1) is 40.0. The molecule has 0 amide bonds. The van der Waals surface area contributed by atoms with Crippen molar-refractivity contribution in [2.75, 3.05) is 13.2 Å². The monoisotopic (exact) mass is 1130 g/mol. The molecular formula is C75H136O6. The summed E-state index contributed by atoms with van der Waals surface area (Å²) in [6.07, 6.45) is 89.7. The van der Waals surface area contributed by atoms with Crippen molar-refractivity contribution in [1.29, 1.82) is 0 Å². The molecule has 472 valence electrons. The second-order valence-electron chi connectivity index (χ2n) is 24.1. The lowest BCUT2D eigenvalue weighted by molar-refractivity contribution is -0.167. The molecule has 0 aliphatic rings. The van der Waals surface area contributed by atoms with Gasteiger partial charge in [0.05, 0.1) is 0 Å². The SMILES string of the molecule is CC/C=C\C/C=C\C/C=C\C/C=C\C/C=C\CCCCCCCCCC(=O)OC(COC(=O)CCCCCCCCCCCCCCCC)COC(=O)CCCCCCCCCCCCCCCCCCCCCCCCCCCC. The van der Waals surface area contributed by atoms with Crippen molar-refractivity contribution in [3.63, 3.8) is 0 Å². The summed E-state index contributed by atoms with van der Waals surface area (Å²) in [5.41, 5.74) is 0. The summed E-state index contributed by atoms with van der Waals surface area (Å²) in [5, 5.41) is 0. The predicted molar refractivity (Wildman–Crippen MR) is 353 cm³/mol. The van der Waals surface area contributed by atoms with Crippen molar-refractivity contribution < 1.29 is 28.6 Å². The van der Waals surface area contributed by atoms with Crippen LogP contribution in [-0.4, -0.2) is 37.2 Å². The Morgan fingerprint density at radius 2 is 0.481 bits per heavy atom. The second-order valence-corrected chi connectivity index (χ2v) is 24.1. The Bertz CT molecular complexity index is 1440. The second kappa shape index (κ2) is 69.6. The molecule has 0 aromatic heterocycles. The van der Waals surface area contributed by atoms with Gasteiger partial charge < -0.3 is 14.2 Å². The van der Waals surface area contributed by atoms with Crippen LogP contribution in [0.5, 0.6) is 0 Å². The van der Waals surface area contributed by atoms with E-state index < -0.39 is 6.10 Å². The first kappa shape index (κ1) is 78.1. The molecule has 0 aliphatic carbocycles. The summed E-state index contributed by atoms with van der Waals surface area (Å²) in [6.45, 7) is 6.59. The van der Waals surface area contributed by atoms with E-state index in [9.17, 15) is 14.4 Å². The first-order valence-corrected chi connectivity index (χ1v) is 35.8. The van der Waals surface area contributed by atoms with Crippen LogP contribution in [0.2, 0.25) is 0 Å². The lowest BCUT2D eigenvalue weighted by atomic mass is 10.0. The number of rotatable bonds is 66. The van der Waals surface area contributed by atoms with Gasteiger partial charge in [0.15, 0.2) is 6.10 Å². The van der Waals surface area contributed by atoms with Crippen LogP contribution in [0.1, 0.15) is 380 Å². The summed E-state index contributed by atoms with van der Waals surface area (Å²) in [4.78, 5) is 38.5. The van der Waals surface area contributed by atoms with Crippen molar-refractivity contribution in [2.45, 2.75) is 386 Å². The van der Waals surface area contributed by atoms with Crippen molar-refractivity contribution >= 4 is 17.9 Å². The van der Waals surface area contributed by atoms with Crippen LogP contribution in [0.4, 0.5) is 0 Å². The number of unbranched alkanes of at least 4 members (excludes halogenated alkanes) is 45. The van der Waals surface area contributed by atoms with Crippen LogP contribution in [0.25, 0.3) is 0 Å². The summed E-state index contributed by atoms with van der Waals surface area (Å²) in [5.74, 6) is -0.858. The third kappa shape index (κ3) is 67.8. The zero-order chi connectivity index (χ0) is 58.5. The van der Waals surface area contributed by atoms with Gasteiger partial charge in [-0.1, -0.05) is 358 Å². The molecule has 6 heteroatoms. The van der Waals surface area contributed by atoms with E-state index >= 15 is 0 Å². The Morgan fingerprint density at radius 1 is 0.259 bits per heavy atom. The highest BCUT2D eigenvalue weighted by atomic mass is 16.6. The van der Waals surface area contributed by atoms with Crippen LogP contribution in [0.3, 0.4) is 0 Å². The Labute approximate surface area is 504 Å². The normalized spacial score (nSPS) is 12.4. The maximum atomic E-state index is 13.0. The third-order valence-corrected chi connectivity index (χ3v) is 16.0. The molecule has 0 radical (unpaired) electrons. The minimum absolute atomic E-state index is 0.0736. The van der Waals surface area contributed by atoms with Crippen LogP contribution in [-0.2, 0) is 28.6 Å². The van der Waals surface area contributed by atoms with E-state index in [1.54, 1.807) is 0 Å². The minimum Gasteiger partial charge on any atom is -0.462 e. The van der Waals surface area contributed by atoms with Crippen LogP contribution in [0.15, 0.2) is 60.8 Å². The first-order valence-electron chi connectivity index (χ1n) is 35.8. The van der Waals surface area contributed by atoms with Gasteiger partial charge >= 0.3 is 17.9 Å². The highest BCUT2D eigenvalue weighted by molar-refractivity contribution is 5.71. The smallest absolute Gasteiger partial charge is 0.306 e. The number of hydrogen-bond donors (Lipinski definition) is 0. The van der Waals surface area contributed by atoms with Gasteiger partial charge in [0.2, 0.25) is 0 Å². The number of hydrogen-bond acceptors (Lipinski definition) is 6. The minimum atomic E-state index is -0.779. The molecule has 81 heavy (non-hydrogen) atoms. The van der Waals surface area contributed by atoms with Gasteiger partial charge in [-0.05, 0) is 64.2 Å². The van der Waals surface area contributed by atoms with Gasteiger partial charge in [0, 0.05) is 19.3 Å². The molecule has 0 aromatic carbocycles. The number of esters is 3. The van der Waals surface area contributed by atoms with Crippen LogP contribution in [0, 0.1) is 0 Å². The molecular weight excluding hydrogens is 997 g/mol. The van der Waals surface area contributed by atoms with Gasteiger partial charge in [-0.2, -0.15) is 0 Å². The van der Waals surface area contributed by atoms with E-state index in [1.165, 1.54) is 244 Å². The Balaban J connectivity index is 4.27. The van der Waals surface area contributed by atoms with Crippen molar-refractivity contribution in [2.24, 2.45) is 0 Å². The average molecular weight is 1130 g/mol. The zero-order valence-corrected chi connectivity index (χ0v) is 54.3. The fourth-order valence-electron chi connectivity index (χ4n) is 10.7. The van der Waals surface area contributed by atoms with Gasteiger partial charge in [0.25, 0.3) is 0 Å². The van der Waals surface area contributed by atoms with Crippen LogP contribution < -0.4 is 0 Å². The highest BCUT2D eigenvalue weighted by Crippen LogP contribution is 2.19. The summed E-state index contributed by atoms with van der Waals surface area (Å²) in [7, 11) is 0. The maximum absolute atomic E-state index is 13.0. The van der Waals surface area contributed by atoms with E-state index in [0.29, 0.717) is 19.3 Å². The number of ether oxygens (including phenoxy) is 3. The maximum Gasteiger partial charge on any atom is 0.306 e. The zero-order valence-electron chi connectivity index (χ0n) is 54.3. The third-order valence-electron chi connectivity index (χ3n) is 16.0. The Kier molecular flexibility index (Phi) is 67.1. The van der Waals surface area contributed by atoms with Gasteiger partial charge in [-0.3, -0.25) is 14.4 Å². The molecule has 0 N–H and O–H groups in total. The largest absolute Gasteiger partial charge is 0.462 e. The fraction of sp³-hybridized carbons (Fsp3) is 0.827. The van der Waals surface area contributed by atoms with Gasteiger partial charge in [0.1, 0.15) is 13.2 Å². The lowest BCUT2D eigenvalue weighted by Crippen LogP contribution is -2.30. The van der Waals surface area contributed by atoms with Crippen LogP contribution >= 0.6 is 0 Å². The molecule has 0 rings (SSSR count). The molecule has 0 bridgehead atoms. The van der Waals surface area contributed by atoms with Crippen molar-refractivity contribution in [3.05, 3.63) is 60.8 Å². The number of carbonyl (C=O) groups excluding carboxylic acids is 3. The fourth-order valence-corrected chi connectivity index (χ4v) is 10.7. The average Bonchev–Trinajstić information content (AvgIpc) is 3.47. The standard InChI is InChI=1S/C75H136O6/c1-4-7-10-13-16-19-22-25-28-30-32-34-36-37-38-40-41-43-45-47-50-53-56-59-62-65-68-74(77)80-71-72(70-79-73(76)67-64-61-58-55-52-49-27-24-21-18-15-12-9-6-3)81-75(78)69-66-63-60-57-54-51-48-46-44-42-39-35-33-31-29-26-23-20-17-14-11-8-5-2/h8,11,17,20,26,29,33,35,42,44,72H,4-7,9-10,12-16,18-19,21-25,27-28,30-32,34,36-41,43,45-71H2,1-3H3/b11-8-,20-17-,29-26-,35-33-,44-42-. The number of carbonyl (C=O) groups is 3. The van der Waals surface area contributed by atoms with E-state index in [1.807, 2.05) is 0 Å². The summed E-state index contributed by atoms with van der Waals surface area (Å²) >= 11 is 0. The summed E-state index contributed by atoms with van der Waals surface area (Å²) < 4.78 is 17.0. The van der Waals surface area contributed by atoms with E-state index in [-0.39, 0.29) is 31.1 Å². The molecule has 0 spiro atoms. The van der Waals surface area contributed by atoms with Crippen molar-refractivity contribution in [3.8, 4) is 0 Å². The molecule has 0 saturated heterocycles. The quantitative estimate of drug-likeness (QED) is 0.0261. The molecule has 0 saturated carbocycles. The molecule has 6 nitrogen and oxygen atoms in total. The molecule has 0 aliphatic heterocycles. The Hall–Kier alpha value is -2.89. The topological polar surface area (TPSA) is 78.9 Å². The van der Waals surface area contributed by atoms with Gasteiger partial charge in [-0.25, -0.2) is 0 Å². The number of allylic oxidation sites excluding steroid dienone is 10. The lowest BCUT2D eigenvalue weighted by Gasteiger charge is -2.18.